The average Bonchev–Trinajstić information content (AvgIpc) is 3.16. The Labute approximate surface area is 143 Å². The van der Waals surface area contributed by atoms with Crippen LogP contribution in [0.1, 0.15) is 25.7 Å². The lowest BCUT2D eigenvalue weighted by atomic mass is 10.1. The van der Waals surface area contributed by atoms with Crippen LogP contribution in [0.5, 0.6) is 5.75 Å². The van der Waals surface area contributed by atoms with Crippen molar-refractivity contribution in [3.63, 3.8) is 0 Å². The minimum absolute atomic E-state index is 0.0933. The maximum absolute atomic E-state index is 13.3. The number of benzene rings is 1. The highest BCUT2D eigenvalue weighted by molar-refractivity contribution is 5.77. The van der Waals surface area contributed by atoms with Crippen LogP contribution >= 0.6 is 0 Å². The summed E-state index contributed by atoms with van der Waals surface area (Å²) in [5.74, 6) is -2.77. The second kappa shape index (κ2) is 7.25. The molecule has 2 fully saturated rings. The molecular formula is C17H20F2N2O4. The summed E-state index contributed by atoms with van der Waals surface area (Å²) in [7, 11) is 0. The summed E-state index contributed by atoms with van der Waals surface area (Å²) in [5, 5.41) is 11.9. The third kappa shape index (κ3) is 4.18. The number of urea groups is 1. The first-order valence-corrected chi connectivity index (χ1v) is 8.33. The molecule has 25 heavy (non-hydrogen) atoms. The number of aliphatic carboxylic acids is 1. The monoisotopic (exact) mass is 354 g/mol. The molecule has 1 saturated carbocycles. The van der Waals surface area contributed by atoms with Crippen molar-refractivity contribution in [2.24, 2.45) is 5.92 Å². The zero-order chi connectivity index (χ0) is 18.0. The van der Waals surface area contributed by atoms with Crippen molar-refractivity contribution < 1.29 is 28.2 Å². The average molecular weight is 354 g/mol. The third-order valence-corrected chi connectivity index (χ3v) is 4.71. The summed E-state index contributed by atoms with van der Waals surface area (Å²) in [4.78, 5) is 24.8. The molecule has 1 heterocycles. The Morgan fingerprint density at radius 2 is 1.88 bits per heavy atom. The Kier molecular flexibility index (Phi) is 5.06. The van der Waals surface area contributed by atoms with Gasteiger partial charge in [0.05, 0.1) is 12.0 Å². The summed E-state index contributed by atoms with van der Waals surface area (Å²) < 4.78 is 32.2. The number of likely N-dealkylation sites (tertiary alicyclic amines) is 1. The van der Waals surface area contributed by atoms with Gasteiger partial charge in [-0.2, -0.15) is 0 Å². The summed E-state index contributed by atoms with van der Waals surface area (Å²) in [5.41, 5.74) is 0. The molecule has 1 aliphatic heterocycles. The number of ether oxygens (including phenoxy) is 1. The van der Waals surface area contributed by atoms with Crippen LogP contribution in [0.15, 0.2) is 18.2 Å². The van der Waals surface area contributed by atoms with Gasteiger partial charge in [-0.1, -0.05) is 0 Å². The number of nitrogens with one attached hydrogen (secondary N) is 1. The lowest BCUT2D eigenvalue weighted by Crippen LogP contribution is -2.48. The van der Waals surface area contributed by atoms with Gasteiger partial charge in [0.25, 0.3) is 0 Å². The number of carboxylic acids is 1. The standard InChI is InChI=1S/C17H20F2N2O4/c18-11-6-12(19)8-13(7-11)25-15-3-1-2-14(15)20-17(24)21-5-4-10(9-21)16(22)23/h6-8,10,14-15H,1-5,9H2,(H,20,24)(H,22,23)/t10?,14-,15+/m0/s1. The van der Waals surface area contributed by atoms with Crippen molar-refractivity contribution in [1.29, 1.82) is 0 Å². The molecule has 0 spiro atoms. The normalized spacial score (nSPS) is 25.8. The SMILES string of the molecule is O=C(O)C1CCN(C(=O)N[C@H]2CCC[C@H]2Oc2cc(F)cc(F)c2)C1. The number of hydrogen-bond donors (Lipinski definition) is 2. The number of rotatable bonds is 4. The van der Waals surface area contributed by atoms with Crippen LogP contribution in [0.3, 0.4) is 0 Å². The highest BCUT2D eigenvalue weighted by Crippen LogP contribution is 2.26. The van der Waals surface area contributed by atoms with E-state index in [-0.39, 0.29) is 30.5 Å². The smallest absolute Gasteiger partial charge is 0.317 e. The predicted molar refractivity (Wildman–Crippen MR) is 84.3 cm³/mol. The Morgan fingerprint density at radius 1 is 1.16 bits per heavy atom. The maximum atomic E-state index is 13.3. The van der Waals surface area contributed by atoms with Crippen molar-refractivity contribution >= 4 is 12.0 Å². The van der Waals surface area contributed by atoms with E-state index in [1.165, 1.54) is 4.90 Å². The molecule has 0 bridgehead atoms. The molecular weight excluding hydrogens is 334 g/mol. The molecule has 0 aromatic heterocycles. The summed E-state index contributed by atoms with van der Waals surface area (Å²) >= 11 is 0. The van der Waals surface area contributed by atoms with Gasteiger partial charge in [0.15, 0.2) is 0 Å². The largest absolute Gasteiger partial charge is 0.488 e. The fourth-order valence-corrected chi connectivity index (χ4v) is 3.40. The van der Waals surface area contributed by atoms with E-state index in [1.54, 1.807) is 0 Å². The van der Waals surface area contributed by atoms with Gasteiger partial charge in [-0.25, -0.2) is 13.6 Å². The highest BCUT2D eigenvalue weighted by Gasteiger charge is 2.35. The van der Waals surface area contributed by atoms with Gasteiger partial charge < -0.3 is 20.1 Å². The zero-order valence-corrected chi connectivity index (χ0v) is 13.6. The lowest BCUT2D eigenvalue weighted by molar-refractivity contribution is -0.141. The van der Waals surface area contributed by atoms with Crippen molar-refractivity contribution in [3.05, 3.63) is 29.8 Å². The minimum Gasteiger partial charge on any atom is -0.488 e. The number of nitrogens with zero attached hydrogens (tertiary/aromatic N) is 1. The van der Waals surface area contributed by atoms with Crippen molar-refractivity contribution in [2.45, 2.75) is 37.8 Å². The van der Waals surface area contributed by atoms with Crippen LogP contribution in [0.4, 0.5) is 13.6 Å². The first-order chi connectivity index (χ1) is 11.9. The van der Waals surface area contributed by atoms with E-state index in [4.69, 9.17) is 9.84 Å². The molecule has 0 radical (unpaired) electrons. The fourth-order valence-electron chi connectivity index (χ4n) is 3.40. The van der Waals surface area contributed by atoms with E-state index in [0.717, 1.165) is 24.6 Å². The van der Waals surface area contributed by atoms with E-state index in [2.05, 4.69) is 5.32 Å². The Balaban J connectivity index is 1.58. The number of carbonyl (C=O) groups is 2. The van der Waals surface area contributed by atoms with E-state index in [9.17, 15) is 18.4 Å². The van der Waals surface area contributed by atoms with E-state index in [1.807, 2.05) is 0 Å². The summed E-state index contributed by atoms with van der Waals surface area (Å²) in [6.07, 6.45) is 2.26. The van der Waals surface area contributed by atoms with E-state index < -0.39 is 23.5 Å². The fraction of sp³-hybridized carbons (Fsp3) is 0.529. The number of hydrogen-bond acceptors (Lipinski definition) is 3. The quantitative estimate of drug-likeness (QED) is 0.870. The van der Waals surface area contributed by atoms with E-state index >= 15 is 0 Å². The van der Waals surface area contributed by atoms with E-state index in [0.29, 0.717) is 25.8 Å². The topological polar surface area (TPSA) is 78.9 Å². The Hall–Kier alpha value is -2.38. The Bertz CT molecular complexity index is 650. The molecule has 6 nitrogen and oxygen atoms in total. The molecule has 2 N–H and O–H groups in total. The first-order valence-electron chi connectivity index (χ1n) is 8.33. The molecule has 8 heteroatoms. The first kappa shape index (κ1) is 17.4. The molecule has 1 aromatic carbocycles. The van der Waals surface area contributed by atoms with Crippen molar-refractivity contribution in [3.8, 4) is 5.75 Å². The van der Waals surface area contributed by atoms with Gasteiger partial charge in [-0.3, -0.25) is 4.79 Å². The van der Waals surface area contributed by atoms with Gasteiger partial charge in [0.1, 0.15) is 23.5 Å². The van der Waals surface area contributed by atoms with Crippen LogP contribution in [0.2, 0.25) is 0 Å². The molecule has 2 amide bonds. The minimum atomic E-state index is -0.898. The van der Waals surface area contributed by atoms with Gasteiger partial charge in [-0.15, -0.1) is 0 Å². The van der Waals surface area contributed by atoms with Gasteiger partial charge >= 0.3 is 12.0 Å². The molecule has 3 atom stereocenters. The maximum Gasteiger partial charge on any atom is 0.317 e. The Morgan fingerprint density at radius 3 is 2.52 bits per heavy atom. The molecule has 1 unspecified atom stereocenters. The number of halogens is 2. The second-order valence-corrected chi connectivity index (χ2v) is 6.52. The van der Waals surface area contributed by atoms with Gasteiger partial charge in [0.2, 0.25) is 0 Å². The molecule has 2 aliphatic rings. The van der Waals surface area contributed by atoms with Crippen LogP contribution in [0.25, 0.3) is 0 Å². The van der Waals surface area contributed by atoms with Gasteiger partial charge in [-0.05, 0) is 25.7 Å². The molecule has 1 saturated heterocycles. The summed E-state index contributed by atoms with van der Waals surface area (Å²) in [6.45, 7) is 0.588. The van der Waals surface area contributed by atoms with Crippen molar-refractivity contribution in [1.82, 2.24) is 10.2 Å². The van der Waals surface area contributed by atoms with Gasteiger partial charge in [0, 0.05) is 31.3 Å². The van der Waals surface area contributed by atoms with Crippen molar-refractivity contribution in [2.75, 3.05) is 13.1 Å². The summed E-state index contributed by atoms with van der Waals surface area (Å²) in [6, 6.07) is 2.39. The van der Waals surface area contributed by atoms with Crippen LogP contribution < -0.4 is 10.1 Å². The predicted octanol–water partition coefficient (Wildman–Crippen LogP) is 2.38. The molecule has 1 aliphatic carbocycles. The number of carbonyl (C=O) groups excluding carboxylic acids is 1. The third-order valence-electron chi connectivity index (χ3n) is 4.71. The molecule has 1 aromatic rings. The lowest BCUT2D eigenvalue weighted by Gasteiger charge is -2.25. The number of carboxylic acid groups (broad SMARTS) is 1. The molecule has 3 rings (SSSR count). The zero-order valence-electron chi connectivity index (χ0n) is 13.6. The molecule has 136 valence electrons. The van der Waals surface area contributed by atoms with Crippen LogP contribution in [-0.4, -0.2) is 47.2 Å². The second-order valence-electron chi connectivity index (χ2n) is 6.52. The number of amides is 2. The van der Waals surface area contributed by atoms with Crippen LogP contribution in [-0.2, 0) is 4.79 Å². The van der Waals surface area contributed by atoms with Crippen LogP contribution in [0, 0.1) is 17.6 Å². The highest BCUT2D eigenvalue weighted by atomic mass is 19.1.